The van der Waals surface area contributed by atoms with E-state index in [1.165, 1.54) is 12.1 Å². The number of pyridine rings is 1. The van der Waals surface area contributed by atoms with Crippen molar-refractivity contribution in [3.05, 3.63) is 82.4 Å². The summed E-state index contributed by atoms with van der Waals surface area (Å²) >= 11 is 5.82. The molecular formula is C29H27ClFN5O5. The number of carboxylic acids is 1. The summed E-state index contributed by atoms with van der Waals surface area (Å²) in [4.78, 5) is 37.7. The van der Waals surface area contributed by atoms with Crippen LogP contribution in [0, 0.1) is 5.82 Å². The van der Waals surface area contributed by atoms with Gasteiger partial charge < -0.3 is 28.9 Å². The van der Waals surface area contributed by atoms with Crippen molar-refractivity contribution in [2.24, 2.45) is 0 Å². The molecule has 12 heteroatoms. The van der Waals surface area contributed by atoms with Crippen LogP contribution >= 0.6 is 11.6 Å². The Balaban J connectivity index is 1.14. The van der Waals surface area contributed by atoms with Crippen molar-refractivity contribution in [1.82, 2.24) is 19.4 Å². The molecule has 41 heavy (non-hydrogen) atoms. The van der Waals surface area contributed by atoms with Gasteiger partial charge >= 0.3 is 5.97 Å². The number of ether oxygens (including phenoxy) is 2. The van der Waals surface area contributed by atoms with E-state index in [0.717, 1.165) is 6.42 Å². The average molecular weight is 580 g/mol. The molecule has 2 aliphatic heterocycles. The van der Waals surface area contributed by atoms with E-state index in [0.29, 0.717) is 71.9 Å². The summed E-state index contributed by atoms with van der Waals surface area (Å²) in [5.74, 6) is 0.0428. The summed E-state index contributed by atoms with van der Waals surface area (Å²) in [5.41, 5.74) is 1.93. The third kappa shape index (κ3) is 5.82. The summed E-state index contributed by atoms with van der Waals surface area (Å²) in [6.45, 7) is 2.64. The largest absolute Gasteiger partial charge is 0.478 e. The van der Waals surface area contributed by atoms with Gasteiger partial charge in [-0.05, 0) is 42.8 Å². The summed E-state index contributed by atoms with van der Waals surface area (Å²) in [6.07, 6.45) is 0.948. The van der Waals surface area contributed by atoms with Crippen molar-refractivity contribution in [3.8, 4) is 5.88 Å². The molecule has 0 aliphatic carbocycles. The maximum atomic E-state index is 14.1. The van der Waals surface area contributed by atoms with Gasteiger partial charge in [0.2, 0.25) is 11.8 Å². The number of piperazine rings is 1. The second kappa shape index (κ2) is 11.3. The number of carbonyl (C=O) groups is 2. The highest BCUT2D eigenvalue weighted by molar-refractivity contribution is 6.30. The zero-order valence-electron chi connectivity index (χ0n) is 22.0. The van der Waals surface area contributed by atoms with Crippen LogP contribution in [-0.4, -0.2) is 68.8 Å². The van der Waals surface area contributed by atoms with E-state index in [1.54, 1.807) is 47.4 Å². The first-order chi connectivity index (χ1) is 19.8. The van der Waals surface area contributed by atoms with Crippen LogP contribution in [-0.2, 0) is 29.2 Å². The Kier molecular flexibility index (Phi) is 7.46. The molecule has 212 valence electrons. The number of fused-ring (bicyclic) bond motifs is 1. The number of rotatable bonds is 9. The van der Waals surface area contributed by atoms with Gasteiger partial charge in [-0.25, -0.2) is 14.2 Å². The van der Waals surface area contributed by atoms with Crippen LogP contribution in [0.15, 0.2) is 54.6 Å². The van der Waals surface area contributed by atoms with Gasteiger partial charge in [0.25, 0.3) is 0 Å². The second-order valence-corrected chi connectivity index (χ2v) is 10.5. The SMILES string of the molecule is O=C(O)c1ccc2nc(CN3CCN(c4cccc(OCc5ccc(Cl)cc5F)n4)CC3=O)n(C[C@@H]3CCO3)c2c1. The lowest BCUT2D eigenvalue weighted by molar-refractivity contribution is -0.131. The number of halogens is 2. The van der Waals surface area contributed by atoms with Crippen molar-refractivity contribution < 1.29 is 28.6 Å². The number of hydrogen-bond donors (Lipinski definition) is 1. The molecule has 6 rings (SSSR count). The molecule has 1 atom stereocenters. The molecule has 2 aromatic heterocycles. The average Bonchev–Trinajstić information content (AvgIpc) is 3.27. The highest BCUT2D eigenvalue weighted by atomic mass is 35.5. The fourth-order valence-corrected chi connectivity index (χ4v) is 5.11. The second-order valence-electron chi connectivity index (χ2n) is 10.0. The summed E-state index contributed by atoms with van der Waals surface area (Å²) < 4.78 is 27.4. The van der Waals surface area contributed by atoms with Gasteiger partial charge in [-0.3, -0.25) is 4.79 Å². The Morgan fingerprint density at radius 1 is 1.15 bits per heavy atom. The first kappa shape index (κ1) is 27.0. The van der Waals surface area contributed by atoms with Crippen molar-refractivity contribution in [1.29, 1.82) is 0 Å². The first-order valence-corrected chi connectivity index (χ1v) is 13.6. The maximum absolute atomic E-state index is 14.1. The monoisotopic (exact) mass is 579 g/mol. The molecule has 0 spiro atoms. The fourth-order valence-electron chi connectivity index (χ4n) is 4.96. The minimum absolute atomic E-state index is 0.00692. The van der Waals surface area contributed by atoms with E-state index in [-0.39, 0.29) is 30.7 Å². The Hall–Kier alpha value is -4.22. The van der Waals surface area contributed by atoms with Crippen LogP contribution in [0.1, 0.15) is 28.2 Å². The van der Waals surface area contributed by atoms with Crippen LogP contribution in [0.4, 0.5) is 10.2 Å². The van der Waals surface area contributed by atoms with Crippen molar-refractivity contribution in [3.63, 3.8) is 0 Å². The number of carbonyl (C=O) groups excluding carboxylic acids is 1. The molecule has 2 aromatic carbocycles. The number of nitrogens with zero attached hydrogens (tertiary/aromatic N) is 5. The molecule has 0 radical (unpaired) electrons. The topological polar surface area (TPSA) is 110 Å². The molecule has 0 saturated carbocycles. The van der Waals surface area contributed by atoms with Crippen LogP contribution in [0.3, 0.4) is 0 Å². The van der Waals surface area contributed by atoms with Gasteiger partial charge in [0.1, 0.15) is 24.1 Å². The molecule has 4 aromatic rings. The van der Waals surface area contributed by atoms with Gasteiger partial charge in [-0.2, -0.15) is 4.98 Å². The molecule has 2 saturated heterocycles. The predicted octanol–water partition coefficient (Wildman–Crippen LogP) is 4.14. The molecular weight excluding hydrogens is 553 g/mol. The summed E-state index contributed by atoms with van der Waals surface area (Å²) in [6, 6.07) is 14.5. The van der Waals surface area contributed by atoms with Gasteiger partial charge in [0.15, 0.2) is 0 Å². The van der Waals surface area contributed by atoms with Gasteiger partial charge in [0, 0.05) is 36.3 Å². The maximum Gasteiger partial charge on any atom is 0.335 e. The number of carboxylic acid groups (broad SMARTS) is 1. The van der Waals surface area contributed by atoms with Gasteiger partial charge in [-0.1, -0.05) is 23.7 Å². The number of imidazole rings is 1. The molecule has 4 heterocycles. The summed E-state index contributed by atoms with van der Waals surface area (Å²) in [7, 11) is 0. The van der Waals surface area contributed by atoms with Crippen molar-refractivity contribution >= 4 is 40.3 Å². The third-order valence-corrected chi connectivity index (χ3v) is 7.56. The summed E-state index contributed by atoms with van der Waals surface area (Å²) in [5, 5.41) is 9.78. The lowest BCUT2D eigenvalue weighted by Gasteiger charge is -2.35. The lowest BCUT2D eigenvalue weighted by atomic mass is 10.1. The van der Waals surface area contributed by atoms with Crippen LogP contribution in [0.25, 0.3) is 11.0 Å². The predicted molar refractivity (Wildman–Crippen MR) is 149 cm³/mol. The quantitative estimate of drug-likeness (QED) is 0.315. The minimum Gasteiger partial charge on any atom is -0.478 e. The molecule has 1 N–H and O–H groups in total. The van der Waals surface area contributed by atoms with E-state index < -0.39 is 11.8 Å². The normalized spacial score (nSPS) is 17.1. The molecule has 1 amide bonds. The number of aromatic nitrogens is 3. The number of benzene rings is 2. The van der Waals surface area contributed by atoms with E-state index in [9.17, 15) is 19.1 Å². The molecule has 0 bridgehead atoms. The van der Waals surface area contributed by atoms with Gasteiger partial charge in [0.05, 0.1) is 42.3 Å². The highest BCUT2D eigenvalue weighted by Crippen LogP contribution is 2.25. The number of amides is 1. The van der Waals surface area contributed by atoms with E-state index in [1.807, 2.05) is 9.47 Å². The molecule has 10 nitrogen and oxygen atoms in total. The molecule has 2 aliphatic rings. The minimum atomic E-state index is -1.01. The van der Waals surface area contributed by atoms with Crippen LogP contribution in [0.5, 0.6) is 5.88 Å². The highest BCUT2D eigenvalue weighted by Gasteiger charge is 2.28. The zero-order valence-corrected chi connectivity index (χ0v) is 22.8. The zero-order chi connectivity index (χ0) is 28.5. The number of aromatic carboxylic acids is 1. The van der Waals surface area contributed by atoms with Crippen molar-refractivity contribution in [2.75, 3.05) is 31.1 Å². The van der Waals surface area contributed by atoms with Crippen molar-refractivity contribution in [2.45, 2.75) is 32.2 Å². The number of anilines is 1. The fraction of sp³-hybridized carbons (Fsp3) is 0.310. The van der Waals surface area contributed by atoms with Crippen LogP contribution in [0.2, 0.25) is 5.02 Å². The van der Waals surface area contributed by atoms with E-state index in [4.69, 9.17) is 26.1 Å². The standard InChI is InChI=1S/C29H27ClFN5O5/c30-20-6-4-19(22(31)13-20)17-41-27-3-1-2-25(33-27)34-9-10-35(28(37)16-34)15-26-32-23-7-5-18(29(38)39)12-24(23)36(26)14-21-8-11-40-21/h1-7,12-13,21H,8-11,14-17H2,(H,38,39)/t21-/m0/s1. The van der Waals surface area contributed by atoms with E-state index >= 15 is 0 Å². The van der Waals surface area contributed by atoms with Gasteiger partial charge in [-0.15, -0.1) is 0 Å². The Morgan fingerprint density at radius 3 is 2.73 bits per heavy atom. The Bertz CT molecular complexity index is 1620. The Labute approximate surface area is 239 Å². The van der Waals surface area contributed by atoms with E-state index in [2.05, 4.69) is 4.98 Å². The smallest absolute Gasteiger partial charge is 0.335 e. The molecule has 0 unspecified atom stereocenters. The first-order valence-electron chi connectivity index (χ1n) is 13.2. The lowest BCUT2D eigenvalue weighted by Crippen LogP contribution is -2.50. The molecule has 2 fully saturated rings. The van der Waals surface area contributed by atoms with Crippen LogP contribution < -0.4 is 9.64 Å². The number of hydrogen-bond acceptors (Lipinski definition) is 7. The third-order valence-electron chi connectivity index (χ3n) is 7.33. The Morgan fingerprint density at radius 2 is 2.00 bits per heavy atom.